The number of hydrogen-bond donors (Lipinski definition) is 1. The minimum atomic E-state index is -0.693. The zero-order valence-electron chi connectivity index (χ0n) is 15.1. The molecule has 0 radical (unpaired) electrons. The van der Waals surface area contributed by atoms with Gasteiger partial charge in [0.1, 0.15) is 5.69 Å². The van der Waals surface area contributed by atoms with Crippen molar-refractivity contribution in [2.75, 3.05) is 18.1 Å². The Hall–Kier alpha value is -3.74. The van der Waals surface area contributed by atoms with Gasteiger partial charge in [0.05, 0.1) is 5.52 Å². The molecular weight excluding hydrogens is 358 g/mol. The van der Waals surface area contributed by atoms with Gasteiger partial charge in [0.25, 0.3) is 5.91 Å². The molecule has 3 aromatic rings. The fourth-order valence-corrected chi connectivity index (χ4v) is 2.69. The van der Waals surface area contributed by atoms with E-state index >= 15 is 0 Å². The van der Waals surface area contributed by atoms with E-state index in [0.717, 1.165) is 5.39 Å². The zero-order valence-corrected chi connectivity index (χ0v) is 15.1. The summed E-state index contributed by atoms with van der Waals surface area (Å²) in [7, 11) is 0. The van der Waals surface area contributed by atoms with Crippen LogP contribution in [0.2, 0.25) is 0 Å². The molecule has 3 rings (SSSR count). The average molecular weight is 377 g/mol. The van der Waals surface area contributed by atoms with E-state index in [4.69, 9.17) is 10.5 Å². The number of nitrogens with zero attached hydrogens (tertiary/aromatic N) is 2. The highest BCUT2D eigenvalue weighted by atomic mass is 16.5. The molecule has 0 saturated carbocycles. The smallest absolute Gasteiger partial charge is 0.357 e. The number of amides is 2. The molecule has 0 aliphatic rings. The summed E-state index contributed by atoms with van der Waals surface area (Å²) in [5.74, 6) is -1.67. The fourth-order valence-electron chi connectivity index (χ4n) is 2.69. The Morgan fingerprint density at radius 3 is 2.39 bits per heavy atom. The standard InChI is InChI=1S/C21H19N3O4/c22-19(25)12-13-24(16-7-2-1-3-8-16)20(26)14-28-21(27)18-11-10-15-6-4-5-9-17(15)23-18/h1-11H,12-14H2,(H2,22,25). The van der Waals surface area contributed by atoms with Crippen LogP contribution in [-0.2, 0) is 14.3 Å². The molecule has 142 valence electrons. The van der Waals surface area contributed by atoms with Crippen LogP contribution >= 0.6 is 0 Å². The van der Waals surface area contributed by atoms with Gasteiger partial charge in [-0.25, -0.2) is 9.78 Å². The van der Waals surface area contributed by atoms with Crippen LogP contribution in [0, 0.1) is 0 Å². The maximum Gasteiger partial charge on any atom is 0.357 e. The molecule has 0 aliphatic heterocycles. The van der Waals surface area contributed by atoms with Crippen LogP contribution in [0.25, 0.3) is 10.9 Å². The molecule has 0 spiro atoms. The van der Waals surface area contributed by atoms with Gasteiger partial charge in [0.2, 0.25) is 5.91 Å². The first-order valence-electron chi connectivity index (χ1n) is 8.71. The third-order valence-electron chi connectivity index (χ3n) is 4.09. The summed E-state index contributed by atoms with van der Waals surface area (Å²) in [6.07, 6.45) is 0.000804. The summed E-state index contributed by atoms with van der Waals surface area (Å²) in [5.41, 5.74) is 6.57. The zero-order chi connectivity index (χ0) is 19.9. The highest BCUT2D eigenvalue weighted by Crippen LogP contribution is 2.15. The molecule has 0 bridgehead atoms. The number of benzene rings is 2. The Morgan fingerprint density at radius 1 is 0.929 bits per heavy atom. The van der Waals surface area contributed by atoms with E-state index < -0.39 is 24.4 Å². The van der Waals surface area contributed by atoms with Gasteiger partial charge in [-0.1, -0.05) is 42.5 Å². The van der Waals surface area contributed by atoms with Crippen molar-refractivity contribution in [3.05, 3.63) is 72.4 Å². The number of carbonyl (C=O) groups excluding carboxylic acids is 3. The van der Waals surface area contributed by atoms with Crippen molar-refractivity contribution in [1.29, 1.82) is 0 Å². The first kappa shape index (κ1) is 19.0. The van der Waals surface area contributed by atoms with Crippen molar-refractivity contribution < 1.29 is 19.1 Å². The molecule has 7 nitrogen and oxygen atoms in total. The van der Waals surface area contributed by atoms with Gasteiger partial charge in [-0.2, -0.15) is 0 Å². The number of aromatic nitrogens is 1. The monoisotopic (exact) mass is 377 g/mol. The van der Waals surface area contributed by atoms with Crippen LogP contribution in [0.5, 0.6) is 0 Å². The number of fused-ring (bicyclic) bond motifs is 1. The van der Waals surface area contributed by atoms with Gasteiger partial charge >= 0.3 is 5.97 Å². The molecule has 2 N–H and O–H groups in total. The SMILES string of the molecule is NC(=O)CCN(C(=O)COC(=O)c1ccc2ccccc2n1)c1ccccc1. The van der Waals surface area contributed by atoms with E-state index in [1.54, 1.807) is 42.5 Å². The first-order chi connectivity index (χ1) is 13.5. The van der Waals surface area contributed by atoms with Gasteiger partial charge in [-0.15, -0.1) is 0 Å². The maximum atomic E-state index is 12.6. The second-order valence-electron chi connectivity index (χ2n) is 6.06. The molecular formula is C21H19N3O4. The Kier molecular flexibility index (Phi) is 5.96. The Balaban J connectivity index is 1.68. The third-order valence-corrected chi connectivity index (χ3v) is 4.09. The lowest BCUT2D eigenvalue weighted by molar-refractivity contribution is -0.121. The normalized spacial score (nSPS) is 10.4. The highest BCUT2D eigenvalue weighted by molar-refractivity contribution is 5.97. The predicted octanol–water partition coefficient (Wildman–Crippen LogP) is 2.30. The number of primary amides is 1. The Bertz CT molecular complexity index is 1000. The number of rotatable bonds is 7. The van der Waals surface area contributed by atoms with Crippen molar-refractivity contribution in [1.82, 2.24) is 4.98 Å². The Labute approximate surface area is 161 Å². The van der Waals surface area contributed by atoms with Crippen LogP contribution < -0.4 is 10.6 Å². The number of pyridine rings is 1. The highest BCUT2D eigenvalue weighted by Gasteiger charge is 2.19. The molecule has 0 aliphatic carbocycles. The molecule has 0 fully saturated rings. The van der Waals surface area contributed by atoms with E-state index in [9.17, 15) is 14.4 Å². The lowest BCUT2D eigenvalue weighted by Crippen LogP contribution is -2.37. The average Bonchev–Trinajstić information content (AvgIpc) is 2.72. The largest absolute Gasteiger partial charge is 0.451 e. The molecule has 0 unspecified atom stereocenters. The van der Waals surface area contributed by atoms with E-state index in [2.05, 4.69) is 4.98 Å². The van der Waals surface area contributed by atoms with E-state index in [-0.39, 0.29) is 18.7 Å². The van der Waals surface area contributed by atoms with Crippen molar-refractivity contribution in [3.63, 3.8) is 0 Å². The van der Waals surface area contributed by atoms with Crippen LogP contribution in [0.4, 0.5) is 5.69 Å². The number of ether oxygens (including phenoxy) is 1. The van der Waals surface area contributed by atoms with E-state index in [1.807, 2.05) is 24.3 Å². The molecule has 7 heteroatoms. The lowest BCUT2D eigenvalue weighted by atomic mass is 10.2. The molecule has 0 saturated heterocycles. The molecule has 1 heterocycles. The molecule has 28 heavy (non-hydrogen) atoms. The third kappa shape index (κ3) is 4.70. The van der Waals surface area contributed by atoms with Crippen LogP contribution in [0.1, 0.15) is 16.9 Å². The lowest BCUT2D eigenvalue weighted by Gasteiger charge is -2.22. The molecule has 1 aromatic heterocycles. The number of hydrogen-bond acceptors (Lipinski definition) is 5. The number of nitrogens with two attached hydrogens (primary N) is 1. The molecule has 2 amide bonds. The first-order valence-corrected chi connectivity index (χ1v) is 8.71. The van der Waals surface area contributed by atoms with Gasteiger partial charge in [0, 0.05) is 24.0 Å². The van der Waals surface area contributed by atoms with Gasteiger partial charge < -0.3 is 15.4 Å². The van der Waals surface area contributed by atoms with Crippen molar-refractivity contribution >= 4 is 34.4 Å². The van der Waals surface area contributed by atoms with Crippen molar-refractivity contribution in [3.8, 4) is 0 Å². The van der Waals surface area contributed by atoms with Crippen molar-refractivity contribution in [2.24, 2.45) is 5.73 Å². The topological polar surface area (TPSA) is 103 Å². The van der Waals surface area contributed by atoms with E-state index in [0.29, 0.717) is 11.2 Å². The second-order valence-corrected chi connectivity index (χ2v) is 6.06. The van der Waals surface area contributed by atoms with Gasteiger partial charge in [-0.3, -0.25) is 9.59 Å². The summed E-state index contributed by atoms with van der Waals surface area (Å²) in [4.78, 5) is 41.6. The number of para-hydroxylation sites is 2. The quantitative estimate of drug-likeness (QED) is 0.637. The van der Waals surface area contributed by atoms with Crippen molar-refractivity contribution in [2.45, 2.75) is 6.42 Å². The summed E-state index contributed by atoms with van der Waals surface area (Å²) < 4.78 is 5.14. The number of anilines is 1. The van der Waals surface area contributed by atoms with E-state index in [1.165, 1.54) is 4.90 Å². The Morgan fingerprint density at radius 2 is 1.64 bits per heavy atom. The summed E-state index contributed by atoms with van der Waals surface area (Å²) >= 11 is 0. The summed E-state index contributed by atoms with van der Waals surface area (Å²) in [5, 5.41) is 0.900. The van der Waals surface area contributed by atoms with Crippen LogP contribution in [0.15, 0.2) is 66.7 Å². The van der Waals surface area contributed by atoms with Gasteiger partial charge in [-0.05, 0) is 24.3 Å². The van der Waals surface area contributed by atoms with Gasteiger partial charge in [0.15, 0.2) is 6.61 Å². The minimum absolute atomic E-state index is 0.000804. The summed E-state index contributed by atoms with van der Waals surface area (Å²) in [6, 6.07) is 19.5. The predicted molar refractivity (Wildman–Crippen MR) is 105 cm³/mol. The number of carbonyl (C=O) groups is 3. The maximum absolute atomic E-state index is 12.6. The molecule has 2 aromatic carbocycles. The van der Waals surface area contributed by atoms with Crippen LogP contribution in [-0.4, -0.2) is 35.9 Å². The number of esters is 1. The summed E-state index contributed by atoms with van der Waals surface area (Å²) in [6.45, 7) is -0.370. The molecule has 0 atom stereocenters. The fraction of sp³-hybridized carbons (Fsp3) is 0.143. The second kappa shape index (κ2) is 8.77. The minimum Gasteiger partial charge on any atom is -0.451 e. The van der Waals surface area contributed by atoms with Crippen LogP contribution in [0.3, 0.4) is 0 Å².